The second kappa shape index (κ2) is 7.36. The first kappa shape index (κ1) is 17.5. The van der Waals surface area contributed by atoms with Gasteiger partial charge < -0.3 is 10.6 Å². The molecule has 0 bridgehead atoms. The zero-order valence-corrected chi connectivity index (χ0v) is 14.4. The van der Waals surface area contributed by atoms with Gasteiger partial charge in [0, 0.05) is 23.8 Å². The number of rotatable bonds is 4. The first-order valence-electron chi connectivity index (χ1n) is 8.30. The first-order chi connectivity index (χ1) is 13.6. The number of benzene rings is 2. The average Bonchev–Trinajstić information content (AvgIpc) is 2.70. The summed E-state index contributed by atoms with van der Waals surface area (Å²) < 4.78 is 26.7. The molecule has 0 fully saturated rings. The molecule has 6 nitrogen and oxygen atoms in total. The minimum atomic E-state index is -0.873. The molecule has 0 atom stereocenters. The van der Waals surface area contributed by atoms with Gasteiger partial charge in [-0.1, -0.05) is 18.2 Å². The van der Waals surface area contributed by atoms with Gasteiger partial charge >= 0.3 is 0 Å². The number of pyridine rings is 1. The van der Waals surface area contributed by atoms with Gasteiger partial charge in [0.05, 0.1) is 16.9 Å². The molecule has 0 aliphatic heterocycles. The van der Waals surface area contributed by atoms with E-state index in [0.717, 1.165) is 23.0 Å². The van der Waals surface area contributed by atoms with Crippen LogP contribution in [-0.4, -0.2) is 20.9 Å². The predicted octanol–water partition coefficient (Wildman–Crippen LogP) is 4.30. The maximum Gasteiger partial charge on any atom is 0.274 e. The van der Waals surface area contributed by atoms with Crippen molar-refractivity contribution in [1.82, 2.24) is 15.0 Å². The fourth-order valence-corrected chi connectivity index (χ4v) is 2.65. The number of hydrogen-bond acceptors (Lipinski definition) is 5. The topological polar surface area (TPSA) is 79.8 Å². The molecule has 2 heterocycles. The molecule has 0 radical (unpaired) electrons. The van der Waals surface area contributed by atoms with Crippen LogP contribution in [0.25, 0.3) is 10.9 Å². The third kappa shape index (κ3) is 3.61. The summed E-state index contributed by atoms with van der Waals surface area (Å²) in [6, 6.07) is 13.6. The zero-order valence-electron chi connectivity index (χ0n) is 14.4. The van der Waals surface area contributed by atoms with Crippen molar-refractivity contribution in [3.63, 3.8) is 0 Å². The summed E-state index contributed by atoms with van der Waals surface area (Å²) in [6.07, 6.45) is 3.08. The lowest BCUT2D eigenvalue weighted by atomic mass is 10.2. The maximum absolute atomic E-state index is 13.7. The number of halogens is 2. The Morgan fingerprint density at radius 2 is 1.75 bits per heavy atom. The first-order valence-corrected chi connectivity index (χ1v) is 8.30. The van der Waals surface area contributed by atoms with Crippen LogP contribution in [0.15, 0.2) is 67.0 Å². The number of para-hydroxylation sites is 1. The molecule has 28 heavy (non-hydrogen) atoms. The number of nitrogens with one attached hydrogen (secondary N) is 2. The van der Waals surface area contributed by atoms with Gasteiger partial charge in [0.1, 0.15) is 17.3 Å². The quantitative estimate of drug-likeness (QED) is 0.554. The van der Waals surface area contributed by atoms with Gasteiger partial charge in [-0.2, -0.15) is 0 Å². The van der Waals surface area contributed by atoms with E-state index in [1.165, 1.54) is 12.3 Å². The Morgan fingerprint density at radius 3 is 2.61 bits per heavy atom. The van der Waals surface area contributed by atoms with Crippen LogP contribution in [-0.2, 0) is 0 Å². The highest BCUT2D eigenvalue weighted by molar-refractivity contribution is 6.03. The van der Waals surface area contributed by atoms with Crippen molar-refractivity contribution in [3.8, 4) is 0 Å². The van der Waals surface area contributed by atoms with E-state index in [0.29, 0.717) is 11.8 Å². The van der Waals surface area contributed by atoms with E-state index < -0.39 is 17.5 Å². The Bertz CT molecular complexity index is 1180. The Balaban J connectivity index is 1.58. The van der Waals surface area contributed by atoms with E-state index in [1.807, 2.05) is 30.3 Å². The summed E-state index contributed by atoms with van der Waals surface area (Å²) in [5.74, 6) is -2.06. The number of amides is 1. The van der Waals surface area contributed by atoms with Crippen LogP contribution in [0.4, 0.5) is 26.1 Å². The normalized spacial score (nSPS) is 10.6. The standard InChI is InChI=1S/C20H13F2N5O/c21-13-6-7-15(14(22)11-13)25-19(28)17-8-10-24-20(27-17)26-16-5-1-3-12-4-2-9-23-18(12)16/h1-11H,(H,25,28)(H,24,26,27). The van der Waals surface area contributed by atoms with Crippen molar-refractivity contribution in [3.05, 3.63) is 84.3 Å². The molecule has 4 rings (SSSR count). The summed E-state index contributed by atoms with van der Waals surface area (Å²) in [6.45, 7) is 0. The maximum atomic E-state index is 13.7. The summed E-state index contributed by atoms with van der Waals surface area (Å²) in [5, 5.41) is 6.34. The number of fused-ring (bicyclic) bond motifs is 1. The lowest BCUT2D eigenvalue weighted by Crippen LogP contribution is -2.15. The van der Waals surface area contributed by atoms with E-state index in [9.17, 15) is 13.6 Å². The molecule has 1 amide bonds. The third-order valence-electron chi connectivity index (χ3n) is 3.95. The van der Waals surface area contributed by atoms with Gasteiger partial charge in [-0.3, -0.25) is 9.78 Å². The van der Waals surface area contributed by atoms with E-state index in [4.69, 9.17) is 0 Å². The second-order valence-corrected chi connectivity index (χ2v) is 5.85. The third-order valence-corrected chi connectivity index (χ3v) is 3.95. The molecule has 2 aromatic carbocycles. The van der Waals surface area contributed by atoms with Gasteiger partial charge in [0.2, 0.25) is 5.95 Å². The van der Waals surface area contributed by atoms with E-state index in [1.54, 1.807) is 6.20 Å². The molecule has 0 saturated carbocycles. The highest BCUT2D eigenvalue weighted by Crippen LogP contribution is 2.23. The smallest absolute Gasteiger partial charge is 0.274 e. The van der Waals surface area contributed by atoms with E-state index in [2.05, 4.69) is 25.6 Å². The molecule has 2 aromatic heterocycles. The lowest BCUT2D eigenvalue weighted by Gasteiger charge is -2.09. The molecule has 8 heteroatoms. The van der Waals surface area contributed by atoms with Gasteiger partial charge in [-0.25, -0.2) is 18.7 Å². The predicted molar refractivity (Wildman–Crippen MR) is 101 cm³/mol. The van der Waals surface area contributed by atoms with Crippen molar-refractivity contribution in [2.24, 2.45) is 0 Å². The van der Waals surface area contributed by atoms with Gasteiger partial charge in [0.25, 0.3) is 5.91 Å². The average molecular weight is 377 g/mol. The van der Waals surface area contributed by atoms with Gasteiger partial charge in [-0.15, -0.1) is 0 Å². The van der Waals surface area contributed by atoms with Crippen molar-refractivity contribution in [2.45, 2.75) is 0 Å². The Morgan fingerprint density at radius 1 is 0.893 bits per heavy atom. The fourth-order valence-electron chi connectivity index (χ4n) is 2.65. The number of anilines is 3. The monoisotopic (exact) mass is 377 g/mol. The van der Waals surface area contributed by atoms with E-state index >= 15 is 0 Å². The second-order valence-electron chi connectivity index (χ2n) is 5.85. The summed E-state index contributed by atoms with van der Waals surface area (Å²) >= 11 is 0. The summed E-state index contributed by atoms with van der Waals surface area (Å²) in [7, 11) is 0. The van der Waals surface area contributed by atoms with Gasteiger partial charge in [0.15, 0.2) is 0 Å². The molecule has 4 aromatic rings. The molecule has 138 valence electrons. The van der Waals surface area contributed by atoms with E-state index in [-0.39, 0.29) is 17.3 Å². The number of aromatic nitrogens is 3. The van der Waals surface area contributed by atoms with Crippen LogP contribution in [0.1, 0.15) is 10.5 Å². The molecular weight excluding hydrogens is 364 g/mol. The molecular formula is C20H13F2N5O. The highest BCUT2D eigenvalue weighted by atomic mass is 19.1. The number of nitrogens with zero attached hydrogens (tertiary/aromatic N) is 3. The SMILES string of the molecule is O=C(Nc1ccc(F)cc1F)c1ccnc(Nc2cccc3cccnc23)n1. The zero-order chi connectivity index (χ0) is 19.5. The van der Waals surface area contributed by atoms with Crippen LogP contribution < -0.4 is 10.6 Å². The van der Waals surface area contributed by atoms with Crippen LogP contribution in [0.3, 0.4) is 0 Å². The minimum absolute atomic E-state index is 0.0226. The minimum Gasteiger partial charge on any atom is -0.322 e. The molecule has 0 spiro atoms. The largest absolute Gasteiger partial charge is 0.322 e. The van der Waals surface area contributed by atoms with Crippen LogP contribution in [0.2, 0.25) is 0 Å². The summed E-state index contributed by atoms with van der Waals surface area (Å²) in [4.78, 5) is 25.0. The highest BCUT2D eigenvalue weighted by Gasteiger charge is 2.13. The molecule has 0 aliphatic carbocycles. The number of carbonyl (C=O) groups excluding carboxylic acids is 1. The Kier molecular flexibility index (Phi) is 4.59. The molecule has 2 N–H and O–H groups in total. The number of carbonyl (C=O) groups is 1. The van der Waals surface area contributed by atoms with Crippen LogP contribution in [0.5, 0.6) is 0 Å². The molecule has 0 unspecified atom stereocenters. The molecule has 0 aliphatic rings. The van der Waals surface area contributed by atoms with Crippen molar-refractivity contribution < 1.29 is 13.6 Å². The van der Waals surface area contributed by atoms with Gasteiger partial charge in [-0.05, 0) is 30.3 Å². The molecule has 0 saturated heterocycles. The Labute approximate surface area is 158 Å². The Hall–Kier alpha value is -3.94. The lowest BCUT2D eigenvalue weighted by molar-refractivity contribution is 0.102. The van der Waals surface area contributed by atoms with Crippen molar-refractivity contribution in [1.29, 1.82) is 0 Å². The van der Waals surface area contributed by atoms with Crippen molar-refractivity contribution >= 4 is 34.1 Å². The van der Waals surface area contributed by atoms with Crippen molar-refractivity contribution in [2.75, 3.05) is 10.6 Å². The van der Waals surface area contributed by atoms with Crippen LogP contribution in [0, 0.1) is 11.6 Å². The summed E-state index contributed by atoms with van der Waals surface area (Å²) in [5.41, 5.74) is 1.30. The number of hydrogen-bond donors (Lipinski definition) is 2. The van der Waals surface area contributed by atoms with Crippen LogP contribution >= 0.6 is 0 Å². The fraction of sp³-hybridized carbons (Fsp3) is 0.